The van der Waals surface area contributed by atoms with Crippen molar-refractivity contribution in [3.05, 3.63) is 186 Å². The van der Waals surface area contributed by atoms with E-state index in [0.717, 1.165) is 17.1 Å². The van der Waals surface area contributed by atoms with Crippen LogP contribution < -0.4 is 4.90 Å². The maximum absolute atomic E-state index is 2.55. The Bertz CT molecular complexity index is 2370. The quantitative estimate of drug-likeness (QED) is 0.183. The molecule has 0 fully saturated rings. The second-order valence-corrected chi connectivity index (χ2v) is 14.5. The Balaban J connectivity index is 1.30. The topological polar surface area (TPSA) is 3.24 Å². The molecule has 0 saturated carbocycles. The summed E-state index contributed by atoms with van der Waals surface area (Å²) in [7, 11) is 0. The highest BCUT2D eigenvalue weighted by Crippen LogP contribution is 2.61. The minimum atomic E-state index is -0.203. The van der Waals surface area contributed by atoms with Crippen LogP contribution in [0.5, 0.6) is 0 Å². The van der Waals surface area contributed by atoms with Crippen molar-refractivity contribution in [1.82, 2.24) is 0 Å². The summed E-state index contributed by atoms with van der Waals surface area (Å²) in [6.45, 7) is 9.63. The number of para-hydroxylation sites is 2. The zero-order chi connectivity index (χ0) is 33.3. The standard InChI is InChI=1S/C48H39N/c1-47(2)39-26-16-14-25-37(39)45-41(47)31-42-46(44(45)33-20-10-6-11-21-33)38-29-28-35(30-40(38)48(42,3)4)49(34-22-12-7-13-23-34)43-27-17-15-24-36(43)32-18-8-5-9-19-32/h5-31H,1-4H3. The molecule has 9 rings (SSSR count). The van der Waals surface area contributed by atoms with Crippen LogP contribution in [0.4, 0.5) is 17.1 Å². The Labute approximate surface area is 290 Å². The Kier molecular flexibility index (Phi) is 6.58. The Morgan fingerprint density at radius 1 is 0.347 bits per heavy atom. The van der Waals surface area contributed by atoms with Gasteiger partial charge in [-0.25, -0.2) is 0 Å². The molecule has 0 N–H and O–H groups in total. The summed E-state index contributed by atoms with van der Waals surface area (Å²) in [5.41, 5.74) is 19.3. The average Bonchev–Trinajstić information content (AvgIpc) is 3.51. The highest BCUT2D eigenvalue weighted by atomic mass is 15.1. The molecule has 7 aromatic rings. The van der Waals surface area contributed by atoms with Crippen LogP contribution in [0.2, 0.25) is 0 Å². The summed E-state index contributed by atoms with van der Waals surface area (Å²) in [5.74, 6) is 0. The summed E-state index contributed by atoms with van der Waals surface area (Å²) in [5, 5.41) is 0. The molecule has 0 radical (unpaired) electrons. The molecule has 0 aromatic heterocycles. The predicted octanol–water partition coefficient (Wildman–Crippen LogP) is 13.1. The van der Waals surface area contributed by atoms with Crippen molar-refractivity contribution in [3.8, 4) is 44.5 Å². The van der Waals surface area contributed by atoms with E-state index < -0.39 is 0 Å². The third-order valence-corrected chi connectivity index (χ3v) is 11.1. The van der Waals surface area contributed by atoms with Crippen LogP contribution in [0, 0.1) is 0 Å². The first-order valence-electron chi connectivity index (χ1n) is 17.4. The number of rotatable bonds is 5. The van der Waals surface area contributed by atoms with Crippen molar-refractivity contribution < 1.29 is 0 Å². The van der Waals surface area contributed by atoms with E-state index in [4.69, 9.17) is 0 Å². The van der Waals surface area contributed by atoms with Gasteiger partial charge >= 0.3 is 0 Å². The summed E-state index contributed by atoms with van der Waals surface area (Å²) in [6, 6.07) is 60.1. The minimum Gasteiger partial charge on any atom is -0.310 e. The number of nitrogens with zero attached hydrogens (tertiary/aromatic N) is 1. The average molecular weight is 630 g/mol. The zero-order valence-electron chi connectivity index (χ0n) is 28.5. The van der Waals surface area contributed by atoms with Gasteiger partial charge in [-0.3, -0.25) is 0 Å². The smallest absolute Gasteiger partial charge is 0.0540 e. The normalized spacial score (nSPS) is 14.4. The van der Waals surface area contributed by atoms with Crippen LogP contribution in [0.3, 0.4) is 0 Å². The van der Waals surface area contributed by atoms with E-state index in [2.05, 4.69) is 196 Å². The van der Waals surface area contributed by atoms with Crippen LogP contribution in [-0.4, -0.2) is 0 Å². The molecular formula is C48H39N. The molecule has 2 aliphatic rings. The fourth-order valence-corrected chi connectivity index (χ4v) is 8.60. The highest BCUT2D eigenvalue weighted by Gasteiger charge is 2.44. The van der Waals surface area contributed by atoms with E-state index in [1.165, 1.54) is 66.8 Å². The molecule has 0 unspecified atom stereocenters. The van der Waals surface area contributed by atoms with E-state index in [1.807, 2.05) is 0 Å². The lowest BCUT2D eigenvalue weighted by Gasteiger charge is -2.30. The van der Waals surface area contributed by atoms with Gasteiger partial charge in [0, 0.05) is 27.8 Å². The van der Waals surface area contributed by atoms with Crippen molar-refractivity contribution in [2.75, 3.05) is 4.90 Å². The fraction of sp³-hybridized carbons (Fsp3) is 0.125. The molecular weight excluding hydrogens is 591 g/mol. The van der Waals surface area contributed by atoms with Gasteiger partial charge in [-0.05, 0) is 91.5 Å². The van der Waals surface area contributed by atoms with Gasteiger partial charge < -0.3 is 4.90 Å². The van der Waals surface area contributed by atoms with Gasteiger partial charge in [-0.15, -0.1) is 0 Å². The number of benzene rings is 7. The molecule has 49 heavy (non-hydrogen) atoms. The van der Waals surface area contributed by atoms with Crippen LogP contribution in [-0.2, 0) is 10.8 Å². The highest BCUT2D eigenvalue weighted by molar-refractivity contribution is 6.04. The molecule has 0 bridgehead atoms. The van der Waals surface area contributed by atoms with Gasteiger partial charge in [0.05, 0.1) is 5.69 Å². The Morgan fingerprint density at radius 2 is 0.857 bits per heavy atom. The van der Waals surface area contributed by atoms with Gasteiger partial charge in [0.1, 0.15) is 0 Å². The maximum atomic E-state index is 2.55. The summed E-state index contributed by atoms with van der Waals surface area (Å²) >= 11 is 0. The first kappa shape index (κ1) is 29.5. The molecule has 236 valence electrons. The SMILES string of the molecule is CC1(C)c2ccccc2-c2c1cc1c(c2-c2ccccc2)-c2ccc(N(c3ccccc3)c3ccccc3-c3ccccc3)cc2C1(C)C. The summed E-state index contributed by atoms with van der Waals surface area (Å²) < 4.78 is 0. The van der Waals surface area contributed by atoms with Crippen molar-refractivity contribution in [2.45, 2.75) is 38.5 Å². The molecule has 1 nitrogen and oxygen atoms in total. The second kappa shape index (κ2) is 10.9. The van der Waals surface area contributed by atoms with Crippen LogP contribution in [0.1, 0.15) is 49.9 Å². The van der Waals surface area contributed by atoms with Crippen LogP contribution in [0.25, 0.3) is 44.5 Å². The number of fused-ring (bicyclic) bond motifs is 6. The summed E-state index contributed by atoms with van der Waals surface area (Å²) in [6.07, 6.45) is 0. The number of anilines is 3. The van der Waals surface area contributed by atoms with E-state index in [-0.39, 0.29) is 10.8 Å². The molecule has 0 spiro atoms. The maximum Gasteiger partial charge on any atom is 0.0540 e. The first-order valence-corrected chi connectivity index (χ1v) is 17.4. The molecule has 0 atom stereocenters. The van der Waals surface area contributed by atoms with Gasteiger partial charge in [0.15, 0.2) is 0 Å². The van der Waals surface area contributed by atoms with Gasteiger partial charge in [0.25, 0.3) is 0 Å². The number of hydrogen-bond donors (Lipinski definition) is 0. The lowest BCUT2D eigenvalue weighted by molar-refractivity contribution is 0.639. The first-order chi connectivity index (χ1) is 23.9. The van der Waals surface area contributed by atoms with E-state index >= 15 is 0 Å². The van der Waals surface area contributed by atoms with Gasteiger partial charge in [-0.1, -0.05) is 161 Å². The van der Waals surface area contributed by atoms with Crippen LogP contribution in [0.15, 0.2) is 164 Å². The number of hydrogen-bond acceptors (Lipinski definition) is 1. The lowest BCUT2D eigenvalue weighted by atomic mass is 9.76. The second-order valence-electron chi connectivity index (χ2n) is 14.5. The molecule has 7 aromatic carbocycles. The molecule has 0 saturated heterocycles. The zero-order valence-corrected chi connectivity index (χ0v) is 28.5. The van der Waals surface area contributed by atoms with Gasteiger partial charge in [-0.2, -0.15) is 0 Å². The minimum absolute atomic E-state index is 0.0915. The van der Waals surface area contributed by atoms with Crippen molar-refractivity contribution in [2.24, 2.45) is 0 Å². The predicted molar refractivity (Wildman–Crippen MR) is 207 cm³/mol. The monoisotopic (exact) mass is 629 g/mol. The van der Waals surface area contributed by atoms with E-state index in [1.54, 1.807) is 0 Å². The van der Waals surface area contributed by atoms with Crippen LogP contribution >= 0.6 is 0 Å². The Hall–Kier alpha value is -5.66. The van der Waals surface area contributed by atoms with Crippen molar-refractivity contribution >= 4 is 17.1 Å². The molecule has 0 amide bonds. The van der Waals surface area contributed by atoms with Gasteiger partial charge in [0.2, 0.25) is 0 Å². The molecule has 0 aliphatic heterocycles. The Morgan fingerprint density at radius 3 is 1.53 bits per heavy atom. The van der Waals surface area contributed by atoms with Crippen molar-refractivity contribution in [3.63, 3.8) is 0 Å². The van der Waals surface area contributed by atoms with E-state index in [9.17, 15) is 0 Å². The molecule has 0 heterocycles. The molecule has 1 heteroatoms. The third kappa shape index (κ3) is 4.39. The largest absolute Gasteiger partial charge is 0.310 e. The lowest BCUT2D eigenvalue weighted by Crippen LogP contribution is -2.19. The van der Waals surface area contributed by atoms with Crippen molar-refractivity contribution in [1.29, 1.82) is 0 Å². The third-order valence-electron chi connectivity index (χ3n) is 11.1. The molecule has 2 aliphatic carbocycles. The van der Waals surface area contributed by atoms with E-state index in [0.29, 0.717) is 0 Å². The fourth-order valence-electron chi connectivity index (χ4n) is 8.60. The summed E-state index contributed by atoms with van der Waals surface area (Å²) in [4.78, 5) is 2.43.